The Hall–Kier alpha value is -1.96. The van der Waals surface area contributed by atoms with Crippen LogP contribution in [0, 0.1) is 0 Å². The minimum Gasteiger partial charge on any atom is -0.369 e. The topological polar surface area (TPSA) is 66.9 Å². The molecule has 0 saturated carbocycles. The third-order valence-electron chi connectivity index (χ3n) is 5.12. The molecule has 0 N–H and O–H groups in total. The van der Waals surface area contributed by atoms with E-state index in [9.17, 15) is 13.2 Å². The van der Waals surface area contributed by atoms with E-state index in [0.717, 1.165) is 23.6 Å². The van der Waals surface area contributed by atoms with E-state index in [0.29, 0.717) is 37.7 Å². The number of amides is 1. The Morgan fingerprint density at radius 3 is 2.43 bits per heavy atom. The molecule has 0 radical (unpaired) electrons. The molecule has 1 fully saturated rings. The number of fused-ring (bicyclic) bond motifs is 1. The van der Waals surface area contributed by atoms with Crippen LogP contribution in [0.5, 0.6) is 0 Å². The van der Waals surface area contributed by atoms with Crippen LogP contribution in [-0.2, 0) is 19.6 Å². The second-order valence-electron chi connectivity index (χ2n) is 7.10. The first-order valence-corrected chi connectivity index (χ1v) is 11.3. The van der Waals surface area contributed by atoms with Crippen molar-refractivity contribution in [2.24, 2.45) is 0 Å². The highest BCUT2D eigenvalue weighted by Gasteiger charge is 2.31. The first kappa shape index (κ1) is 20.8. The molecule has 152 valence electrons. The number of rotatable bonds is 7. The monoisotopic (exact) mass is 404 g/mol. The van der Waals surface area contributed by atoms with Gasteiger partial charge < -0.3 is 9.64 Å². The molecule has 1 heterocycles. The van der Waals surface area contributed by atoms with Gasteiger partial charge in [0.05, 0.1) is 4.90 Å². The Kier molecular flexibility index (Phi) is 6.69. The van der Waals surface area contributed by atoms with E-state index >= 15 is 0 Å². The standard InChI is InChI=1S/C21H28N2O4S/c1-3-4-15-27-17(2)21(24)22-11-13-23(14-12-22)28(25,26)20-10-9-18-7-5-6-8-19(18)16-20/h5-10,16-17H,3-4,11-15H2,1-2H3. The van der Waals surface area contributed by atoms with Crippen LogP contribution in [0.1, 0.15) is 26.7 Å². The summed E-state index contributed by atoms with van der Waals surface area (Å²) in [5, 5.41) is 1.91. The van der Waals surface area contributed by atoms with Gasteiger partial charge in [-0.15, -0.1) is 0 Å². The third kappa shape index (κ3) is 4.54. The number of sulfonamides is 1. The average molecular weight is 405 g/mol. The zero-order valence-electron chi connectivity index (χ0n) is 16.5. The predicted molar refractivity (Wildman–Crippen MR) is 110 cm³/mol. The lowest BCUT2D eigenvalue weighted by Gasteiger charge is -2.35. The quantitative estimate of drug-likeness (QED) is 0.666. The predicted octanol–water partition coefficient (Wildman–Crippen LogP) is 2.88. The summed E-state index contributed by atoms with van der Waals surface area (Å²) in [7, 11) is -3.58. The summed E-state index contributed by atoms with van der Waals surface area (Å²) in [6, 6.07) is 12.9. The Morgan fingerprint density at radius 2 is 1.75 bits per heavy atom. The van der Waals surface area contributed by atoms with Crippen LogP contribution in [0.3, 0.4) is 0 Å². The zero-order chi connectivity index (χ0) is 20.1. The molecule has 1 saturated heterocycles. The number of unbranched alkanes of at least 4 members (excludes halogenated alkanes) is 1. The lowest BCUT2D eigenvalue weighted by Crippen LogP contribution is -2.52. The van der Waals surface area contributed by atoms with Crippen LogP contribution in [-0.4, -0.2) is 62.4 Å². The summed E-state index contributed by atoms with van der Waals surface area (Å²) in [5.41, 5.74) is 0. The molecule has 1 aliphatic rings. The lowest BCUT2D eigenvalue weighted by molar-refractivity contribution is -0.143. The Balaban J connectivity index is 1.63. The van der Waals surface area contributed by atoms with Gasteiger partial charge >= 0.3 is 0 Å². The number of carbonyl (C=O) groups excluding carboxylic acids is 1. The van der Waals surface area contributed by atoms with Gasteiger partial charge in [0.15, 0.2) is 0 Å². The highest BCUT2D eigenvalue weighted by molar-refractivity contribution is 7.89. The molecule has 1 aliphatic heterocycles. The van der Waals surface area contributed by atoms with E-state index in [1.165, 1.54) is 4.31 Å². The van der Waals surface area contributed by atoms with E-state index in [1.54, 1.807) is 24.0 Å². The number of ether oxygens (including phenoxy) is 1. The van der Waals surface area contributed by atoms with Gasteiger partial charge in [0.2, 0.25) is 10.0 Å². The Morgan fingerprint density at radius 1 is 1.07 bits per heavy atom. The van der Waals surface area contributed by atoms with Gasteiger partial charge in [0.25, 0.3) is 5.91 Å². The molecule has 2 aromatic carbocycles. The van der Waals surface area contributed by atoms with Gasteiger partial charge in [-0.2, -0.15) is 4.31 Å². The average Bonchev–Trinajstić information content (AvgIpc) is 2.73. The van der Waals surface area contributed by atoms with Crippen molar-refractivity contribution < 1.29 is 17.9 Å². The minimum absolute atomic E-state index is 0.0705. The SMILES string of the molecule is CCCCOC(C)C(=O)N1CCN(S(=O)(=O)c2ccc3ccccc3c2)CC1. The molecule has 7 heteroatoms. The second kappa shape index (κ2) is 9.03. The van der Waals surface area contributed by atoms with E-state index in [-0.39, 0.29) is 5.91 Å². The molecule has 0 aliphatic carbocycles. The number of nitrogens with zero attached hydrogens (tertiary/aromatic N) is 2. The van der Waals surface area contributed by atoms with Crippen LogP contribution in [0.15, 0.2) is 47.4 Å². The fourth-order valence-corrected chi connectivity index (χ4v) is 4.82. The molecule has 2 aromatic rings. The largest absolute Gasteiger partial charge is 0.369 e. The van der Waals surface area contributed by atoms with Gasteiger partial charge in [0, 0.05) is 32.8 Å². The molecule has 1 unspecified atom stereocenters. The Labute approximate surface area is 167 Å². The molecular weight excluding hydrogens is 376 g/mol. The van der Waals surface area contributed by atoms with Crippen molar-refractivity contribution in [3.05, 3.63) is 42.5 Å². The molecule has 0 spiro atoms. The highest BCUT2D eigenvalue weighted by Crippen LogP contribution is 2.23. The van der Waals surface area contributed by atoms with E-state index in [2.05, 4.69) is 6.92 Å². The first-order valence-electron chi connectivity index (χ1n) is 9.83. The van der Waals surface area contributed by atoms with Gasteiger partial charge in [0.1, 0.15) is 6.10 Å². The third-order valence-corrected chi connectivity index (χ3v) is 7.02. The van der Waals surface area contributed by atoms with Crippen LogP contribution in [0.4, 0.5) is 0 Å². The molecule has 0 aromatic heterocycles. The summed E-state index contributed by atoms with van der Waals surface area (Å²) in [4.78, 5) is 14.5. The fraction of sp³-hybridized carbons (Fsp3) is 0.476. The lowest BCUT2D eigenvalue weighted by atomic mass is 10.1. The van der Waals surface area contributed by atoms with Gasteiger partial charge in [-0.25, -0.2) is 8.42 Å². The smallest absolute Gasteiger partial charge is 0.251 e. The van der Waals surface area contributed by atoms with Crippen molar-refractivity contribution in [3.63, 3.8) is 0 Å². The van der Waals surface area contributed by atoms with Crippen molar-refractivity contribution in [2.45, 2.75) is 37.7 Å². The van der Waals surface area contributed by atoms with Crippen molar-refractivity contribution in [2.75, 3.05) is 32.8 Å². The second-order valence-corrected chi connectivity index (χ2v) is 9.04. The van der Waals surface area contributed by atoms with E-state index in [4.69, 9.17) is 4.74 Å². The van der Waals surface area contributed by atoms with E-state index < -0.39 is 16.1 Å². The highest BCUT2D eigenvalue weighted by atomic mass is 32.2. The van der Waals surface area contributed by atoms with Crippen molar-refractivity contribution >= 4 is 26.7 Å². The fourth-order valence-electron chi connectivity index (χ4n) is 3.36. The van der Waals surface area contributed by atoms with Crippen LogP contribution in [0.25, 0.3) is 10.8 Å². The first-order chi connectivity index (χ1) is 13.4. The molecule has 1 atom stereocenters. The van der Waals surface area contributed by atoms with Crippen LogP contribution < -0.4 is 0 Å². The van der Waals surface area contributed by atoms with Crippen molar-refractivity contribution in [1.29, 1.82) is 0 Å². The van der Waals surface area contributed by atoms with Crippen LogP contribution in [0.2, 0.25) is 0 Å². The molecule has 28 heavy (non-hydrogen) atoms. The molecule has 6 nitrogen and oxygen atoms in total. The van der Waals surface area contributed by atoms with Gasteiger partial charge in [-0.1, -0.05) is 43.7 Å². The maximum atomic E-state index is 13.0. The summed E-state index contributed by atoms with van der Waals surface area (Å²) in [5.74, 6) is -0.0705. The number of benzene rings is 2. The van der Waals surface area contributed by atoms with Gasteiger partial charge in [-0.05, 0) is 36.2 Å². The number of hydrogen-bond donors (Lipinski definition) is 0. The number of hydrogen-bond acceptors (Lipinski definition) is 4. The zero-order valence-corrected chi connectivity index (χ0v) is 17.3. The van der Waals surface area contributed by atoms with E-state index in [1.807, 2.05) is 30.3 Å². The van der Waals surface area contributed by atoms with Crippen molar-refractivity contribution in [1.82, 2.24) is 9.21 Å². The van der Waals surface area contributed by atoms with Gasteiger partial charge in [-0.3, -0.25) is 4.79 Å². The summed E-state index contributed by atoms with van der Waals surface area (Å²) in [6.07, 6.45) is 1.46. The van der Waals surface area contributed by atoms with Crippen LogP contribution >= 0.6 is 0 Å². The normalized spacial score (nSPS) is 17.0. The molecule has 1 amide bonds. The van der Waals surface area contributed by atoms with Crippen molar-refractivity contribution in [3.8, 4) is 0 Å². The molecular formula is C21H28N2O4S. The summed E-state index contributed by atoms with van der Waals surface area (Å²) >= 11 is 0. The maximum absolute atomic E-state index is 13.0. The molecule has 0 bridgehead atoms. The molecule has 3 rings (SSSR count). The maximum Gasteiger partial charge on any atom is 0.251 e. The summed E-state index contributed by atoms with van der Waals surface area (Å²) < 4.78 is 33.1. The Bertz CT molecular complexity index is 921. The number of carbonyl (C=O) groups is 1. The minimum atomic E-state index is -3.58. The number of piperazine rings is 1. The summed E-state index contributed by atoms with van der Waals surface area (Å²) in [6.45, 7) is 5.76.